The first-order chi connectivity index (χ1) is 10.8. The number of nitrogens with one attached hydrogen (secondary N) is 2. The Labute approximate surface area is 129 Å². The van der Waals surface area contributed by atoms with Gasteiger partial charge in [-0.05, 0) is 18.2 Å². The fraction of sp³-hybridized carbons (Fsp3) is 0.333. The number of aromatic nitrogens is 2. The molecule has 0 aliphatic rings. The Morgan fingerprint density at radius 2 is 1.95 bits per heavy atom. The fourth-order valence-corrected chi connectivity index (χ4v) is 1.83. The number of anilines is 3. The molecule has 0 fully saturated rings. The molecule has 1 heterocycles. The van der Waals surface area contributed by atoms with Crippen LogP contribution < -0.4 is 20.1 Å². The highest BCUT2D eigenvalue weighted by atomic mass is 16.5. The Bertz CT molecular complexity index is 607. The highest BCUT2D eigenvalue weighted by Gasteiger charge is 2.07. The molecule has 0 aliphatic carbocycles. The van der Waals surface area contributed by atoms with Crippen LogP contribution in [0.1, 0.15) is 0 Å². The first-order valence-corrected chi connectivity index (χ1v) is 6.81. The molecule has 0 aliphatic heterocycles. The molecule has 0 amide bonds. The highest BCUT2D eigenvalue weighted by Crippen LogP contribution is 2.30. The average Bonchev–Trinajstić information content (AvgIpc) is 2.55. The largest absolute Gasteiger partial charge is 0.497 e. The second kappa shape index (κ2) is 8.04. The zero-order valence-electron chi connectivity index (χ0n) is 12.9. The van der Waals surface area contributed by atoms with Crippen LogP contribution in [0.5, 0.6) is 11.5 Å². The molecule has 0 spiro atoms. The second-order valence-electron chi connectivity index (χ2n) is 4.38. The first kappa shape index (κ1) is 15.8. The van der Waals surface area contributed by atoms with Gasteiger partial charge in [-0.25, -0.2) is 4.98 Å². The maximum atomic E-state index is 5.32. The summed E-state index contributed by atoms with van der Waals surface area (Å²) >= 11 is 0. The lowest BCUT2D eigenvalue weighted by Crippen LogP contribution is -2.09. The van der Waals surface area contributed by atoms with Crippen molar-refractivity contribution in [3.63, 3.8) is 0 Å². The Balaban J connectivity index is 2.14. The number of nitrogens with zero attached hydrogens (tertiary/aromatic N) is 2. The third-order valence-electron chi connectivity index (χ3n) is 2.92. The zero-order chi connectivity index (χ0) is 15.8. The molecule has 1 aromatic heterocycles. The summed E-state index contributed by atoms with van der Waals surface area (Å²) in [6.45, 7) is 1.28. The maximum Gasteiger partial charge on any atom is 0.229 e. The molecule has 22 heavy (non-hydrogen) atoms. The Hall–Kier alpha value is -2.54. The van der Waals surface area contributed by atoms with Crippen LogP contribution in [0, 0.1) is 0 Å². The summed E-state index contributed by atoms with van der Waals surface area (Å²) in [5, 5.41) is 6.28. The van der Waals surface area contributed by atoms with Crippen LogP contribution in [-0.2, 0) is 4.74 Å². The quantitative estimate of drug-likeness (QED) is 0.724. The third kappa shape index (κ3) is 4.23. The molecule has 0 bridgehead atoms. The van der Waals surface area contributed by atoms with Gasteiger partial charge < -0.3 is 24.8 Å². The van der Waals surface area contributed by atoms with E-state index in [-0.39, 0.29) is 0 Å². The van der Waals surface area contributed by atoms with Crippen molar-refractivity contribution in [3.8, 4) is 11.5 Å². The van der Waals surface area contributed by atoms with Crippen LogP contribution in [0.25, 0.3) is 0 Å². The lowest BCUT2D eigenvalue weighted by molar-refractivity contribution is 0.210. The van der Waals surface area contributed by atoms with Gasteiger partial charge in [0.05, 0.1) is 26.5 Å². The fourth-order valence-electron chi connectivity index (χ4n) is 1.83. The van der Waals surface area contributed by atoms with Crippen LogP contribution in [0.15, 0.2) is 30.5 Å². The summed E-state index contributed by atoms with van der Waals surface area (Å²) < 4.78 is 15.5. The predicted octanol–water partition coefficient (Wildman–Crippen LogP) is 2.30. The standard InChI is InChI=1S/C15H20N4O3/c1-20-9-8-16-14-6-7-17-15(19-14)18-12-10-11(21-2)4-5-13(12)22-3/h4-7,10H,8-9H2,1-3H3,(H2,16,17,18,19). The number of ether oxygens (including phenoxy) is 3. The van der Waals surface area contributed by atoms with Gasteiger partial charge in [-0.15, -0.1) is 0 Å². The van der Waals surface area contributed by atoms with Gasteiger partial charge in [-0.1, -0.05) is 0 Å². The zero-order valence-corrected chi connectivity index (χ0v) is 12.9. The van der Waals surface area contributed by atoms with E-state index in [0.717, 1.165) is 17.3 Å². The van der Waals surface area contributed by atoms with E-state index >= 15 is 0 Å². The molecule has 7 nitrogen and oxygen atoms in total. The van der Waals surface area contributed by atoms with Gasteiger partial charge in [0, 0.05) is 25.9 Å². The lowest BCUT2D eigenvalue weighted by atomic mass is 10.2. The number of hydrogen-bond donors (Lipinski definition) is 2. The second-order valence-corrected chi connectivity index (χ2v) is 4.38. The van der Waals surface area contributed by atoms with Gasteiger partial charge in [0.2, 0.25) is 5.95 Å². The molecule has 0 atom stereocenters. The highest BCUT2D eigenvalue weighted by molar-refractivity contribution is 5.65. The monoisotopic (exact) mass is 304 g/mol. The molecule has 0 radical (unpaired) electrons. The van der Waals surface area contributed by atoms with E-state index in [4.69, 9.17) is 14.2 Å². The number of benzene rings is 1. The van der Waals surface area contributed by atoms with Crippen LogP contribution in [0.2, 0.25) is 0 Å². The average molecular weight is 304 g/mol. The van der Waals surface area contributed by atoms with Crippen molar-refractivity contribution in [1.29, 1.82) is 0 Å². The van der Waals surface area contributed by atoms with Crippen molar-refractivity contribution < 1.29 is 14.2 Å². The van der Waals surface area contributed by atoms with Crippen molar-refractivity contribution in [3.05, 3.63) is 30.5 Å². The van der Waals surface area contributed by atoms with E-state index in [2.05, 4.69) is 20.6 Å². The molecule has 2 N–H and O–H groups in total. The Morgan fingerprint density at radius 1 is 1.09 bits per heavy atom. The topological polar surface area (TPSA) is 77.5 Å². The normalized spacial score (nSPS) is 10.1. The summed E-state index contributed by atoms with van der Waals surface area (Å²) in [5.74, 6) is 2.59. The number of hydrogen-bond acceptors (Lipinski definition) is 7. The van der Waals surface area contributed by atoms with Crippen molar-refractivity contribution >= 4 is 17.5 Å². The lowest BCUT2D eigenvalue weighted by Gasteiger charge is -2.12. The molecule has 0 saturated heterocycles. The van der Waals surface area contributed by atoms with Gasteiger partial charge in [-0.3, -0.25) is 0 Å². The van der Waals surface area contributed by atoms with Gasteiger partial charge in [0.25, 0.3) is 0 Å². The van der Waals surface area contributed by atoms with Gasteiger partial charge in [-0.2, -0.15) is 4.98 Å². The summed E-state index contributed by atoms with van der Waals surface area (Å²) in [5.41, 5.74) is 0.732. The van der Waals surface area contributed by atoms with E-state index in [1.165, 1.54) is 0 Å². The Morgan fingerprint density at radius 3 is 2.68 bits per heavy atom. The van der Waals surface area contributed by atoms with E-state index in [1.807, 2.05) is 18.2 Å². The molecular formula is C15H20N4O3. The Kier molecular flexibility index (Phi) is 5.79. The van der Waals surface area contributed by atoms with Crippen molar-refractivity contribution in [1.82, 2.24) is 9.97 Å². The van der Waals surface area contributed by atoms with E-state index in [1.54, 1.807) is 33.6 Å². The molecule has 118 valence electrons. The number of methoxy groups -OCH3 is 3. The summed E-state index contributed by atoms with van der Waals surface area (Å²) in [4.78, 5) is 8.59. The SMILES string of the molecule is COCCNc1ccnc(Nc2cc(OC)ccc2OC)n1. The van der Waals surface area contributed by atoms with Crippen molar-refractivity contribution in [2.24, 2.45) is 0 Å². The first-order valence-electron chi connectivity index (χ1n) is 6.81. The van der Waals surface area contributed by atoms with E-state index in [9.17, 15) is 0 Å². The van der Waals surface area contributed by atoms with Gasteiger partial charge >= 0.3 is 0 Å². The molecule has 2 rings (SSSR count). The molecule has 2 aromatic rings. The molecular weight excluding hydrogens is 284 g/mol. The summed E-state index contributed by atoms with van der Waals surface area (Å²) in [6.07, 6.45) is 1.68. The smallest absolute Gasteiger partial charge is 0.229 e. The third-order valence-corrected chi connectivity index (χ3v) is 2.92. The van der Waals surface area contributed by atoms with Crippen molar-refractivity contribution in [2.45, 2.75) is 0 Å². The van der Waals surface area contributed by atoms with Crippen LogP contribution >= 0.6 is 0 Å². The summed E-state index contributed by atoms with van der Waals surface area (Å²) in [7, 11) is 4.88. The molecule has 0 unspecified atom stereocenters. The maximum absolute atomic E-state index is 5.32. The van der Waals surface area contributed by atoms with Crippen LogP contribution in [0.3, 0.4) is 0 Å². The van der Waals surface area contributed by atoms with Crippen molar-refractivity contribution in [2.75, 3.05) is 45.1 Å². The molecule has 7 heteroatoms. The van der Waals surface area contributed by atoms with E-state index in [0.29, 0.717) is 24.8 Å². The minimum atomic E-state index is 0.467. The molecule has 1 aromatic carbocycles. The summed E-state index contributed by atoms with van der Waals surface area (Å²) in [6, 6.07) is 7.27. The minimum absolute atomic E-state index is 0.467. The van der Waals surface area contributed by atoms with Crippen LogP contribution in [0.4, 0.5) is 17.5 Å². The van der Waals surface area contributed by atoms with Gasteiger partial charge in [0.1, 0.15) is 17.3 Å². The predicted molar refractivity (Wildman–Crippen MR) is 85.2 cm³/mol. The van der Waals surface area contributed by atoms with Crippen LogP contribution in [-0.4, -0.2) is 44.4 Å². The van der Waals surface area contributed by atoms with Gasteiger partial charge in [0.15, 0.2) is 0 Å². The number of rotatable bonds is 8. The minimum Gasteiger partial charge on any atom is -0.497 e. The van der Waals surface area contributed by atoms with E-state index < -0.39 is 0 Å². The molecule has 0 saturated carbocycles.